The second kappa shape index (κ2) is 5.47. The largest absolute Gasteiger partial charge is 0.481 e. The molecule has 1 fully saturated rings. The third-order valence-corrected chi connectivity index (χ3v) is 3.78. The Labute approximate surface area is 121 Å². The van der Waals surface area contributed by atoms with Gasteiger partial charge in [-0.15, -0.1) is 0 Å². The maximum atomic E-state index is 12.7. The molecule has 0 bridgehead atoms. The average Bonchev–Trinajstić information content (AvgIpc) is 2.93. The number of carbonyl (C=O) groups excluding carboxylic acids is 1. The monoisotopic (exact) mass is 285 g/mol. The summed E-state index contributed by atoms with van der Waals surface area (Å²) in [6.45, 7) is 0.591. The van der Waals surface area contributed by atoms with Gasteiger partial charge in [-0.05, 0) is 25.0 Å². The van der Waals surface area contributed by atoms with Crippen LogP contribution < -0.4 is 0 Å². The molecule has 1 unspecified atom stereocenters. The molecule has 1 amide bonds. The molecule has 0 spiro atoms. The van der Waals surface area contributed by atoms with Gasteiger partial charge in [-0.1, -0.05) is 6.07 Å². The normalized spacial score (nSPS) is 18.1. The summed E-state index contributed by atoms with van der Waals surface area (Å²) in [7, 11) is 0. The number of aromatic nitrogens is 2. The van der Waals surface area contributed by atoms with Crippen molar-refractivity contribution in [2.24, 2.45) is 0 Å². The van der Waals surface area contributed by atoms with Crippen molar-refractivity contribution < 1.29 is 14.7 Å². The van der Waals surface area contributed by atoms with Crippen molar-refractivity contribution in [3.05, 3.63) is 36.2 Å². The van der Waals surface area contributed by atoms with E-state index in [1.807, 2.05) is 0 Å². The zero-order valence-corrected chi connectivity index (χ0v) is 11.4. The average molecular weight is 285 g/mol. The number of fused-ring (bicyclic) bond motifs is 1. The number of aliphatic carboxylic acids is 1. The number of hydrogen-bond acceptors (Lipinski definition) is 4. The first kappa shape index (κ1) is 13.5. The van der Waals surface area contributed by atoms with Gasteiger partial charge in [0, 0.05) is 25.0 Å². The van der Waals surface area contributed by atoms with Crippen molar-refractivity contribution in [1.82, 2.24) is 14.9 Å². The van der Waals surface area contributed by atoms with Crippen molar-refractivity contribution in [2.75, 3.05) is 6.54 Å². The van der Waals surface area contributed by atoms with Gasteiger partial charge in [0.1, 0.15) is 5.52 Å². The molecule has 1 aliphatic heterocycles. The molecule has 1 N–H and O–H groups in total. The van der Waals surface area contributed by atoms with E-state index in [0.717, 1.165) is 12.8 Å². The highest BCUT2D eigenvalue weighted by Crippen LogP contribution is 2.24. The van der Waals surface area contributed by atoms with Crippen LogP contribution in [0.3, 0.4) is 0 Å². The molecule has 2 heterocycles. The number of nitrogens with zero attached hydrogens (tertiary/aromatic N) is 3. The summed E-state index contributed by atoms with van der Waals surface area (Å²) >= 11 is 0. The van der Waals surface area contributed by atoms with Gasteiger partial charge >= 0.3 is 5.97 Å². The Balaban J connectivity index is 1.95. The predicted molar refractivity (Wildman–Crippen MR) is 75.8 cm³/mol. The molecule has 6 heteroatoms. The van der Waals surface area contributed by atoms with E-state index in [1.54, 1.807) is 35.5 Å². The van der Waals surface area contributed by atoms with E-state index in [2.05, 4.69) is 9.97 Å². The molecule has 1 aromatic heterocycles. The van der Waals surface area contributed by atoms with Crippen LogP contribution in [0.5, 0.6) is 0 Å². The minimum Gasteiger partial charge on any atom is -0.481 e. The van der Waals surface area contributed by atoms with Crippen LogP contribution in [0, 0.1) is 0 Å². The fourth-order valence-electron chi connectivity index (χ4n) is 2.84. The summed E-state index contributed by atoms with van der Waals surface area (Å²) in [5.41, 5.74) is 1.71. The summed E-state index contributed by atoms with van der Waals surface area (Å²) < 4.78 is 0. The van der Waals surface area contributed by atoms with E-state index in [0.29, 0.717) is 23.1 Å². The highest BCUT2D eigenvalue weighted by atomic mass is 16.4. The van der Waals surface area contributed by atoms with Gasteiger partial charge in [0.15, 0.2) is 0 Å². The fourth-order valence-corrected chi connectivity index (χ4v) is 2.84. The summed E-state index contributed by atoms with van der Waals surface area (Å²) in [5.74, 6) is -1.04. The van der Waals surface area contributed by atoms with Crippen LogP contribution in [-0.2, 0) is 4.79 Å². The van der Waals surface area contributed by atoms with Crippen LogP contribution in [0.15, 0.2) is 30.6 Å². The van der Waals surface area contributed by atoms with Gasteiger partial charge in [0.25, 0.3) is 5.91 Å². The highest BCUT2D eigenvalue weighted by molar-refractivity contribution is 6.04. The lowest BCUT2D eigenvalue weighted by Gasteiger charge is -2.23. The summed E-state index contributed by atoms with van der Waals surface area (Å²) in [5, 5.41) is 8.96. The number of carbonyl (C=O) groups is 2. The van der Waals surface area contributed by atoms with Gasteiger partial charge in [-0.2, -0.15) is 0 Å². The zero-order chi connectivity index (χ0) is 14.8. The van der Waals surface area contributed by atoms with Crippen molar-refractivity contribution in [3.63, 3.8) is 0 Å². The molecule has 3 rings (SSSR count). The number of likely N-dealkylation sites (tertiary alicyclic amines) is 1. The third-order valence-electron chi connectivity index (χ3n) is 3.78. The molecule has 1 saturated heterocycles. The van der Waals surface area contributed by atoms with Gasteiger partial charge in [-0.3, -0.25) is 19.6 Å². The van der Waals surface area contributed by atoms with E-state index >= 15 is 0 Å². The quantitative estimate of drug-likeness (QED) is 0.928. The molecule has 2 aromatic rings. The Hall–Kier alpha value is -2.50. The molecule has 0 aliphatic carbocycles. The predicted octanol–water partition coefficient (Wildman–Crippen LogP) is 1.71. The number of rotatable bonds is 3. The van der Waals surface area contributed by atoms with E-state index in [9.17, 15) is 9.59 Å². The Bertz CT molecular complexity index is 696. The Morgan fingerprint density at radius 3 is 2.90 bits per heavy atom. The molecule has 1 aliphatic rings. The van der Waals surface area contributed by atoms with Gasteiger partial charge < -0.3 is 10.0 Å². The van der Waals surface area contributed by atoms with Crippen LogP contribution in [-0.4, -0.2) is 44.4 Å². The van der Waals surface area contributed by atoms with Crippen molar-refractivity contribution in [1.29, 1.82) is 0 Å². The van der Waals surface area contributed by atoms with Gasteiger partial charge in [0.2, 0.25) is 0 Å². The molecule has 0 saturated carbocycles. The van der Waals surface area contributed by atoms with E-state index < -0.39 is 5.97 Å². The van der Waals surface area contributed by atoms with Crippen molar-refractivity contribution >= 4 is 22.9 Å². The van der Waals surface area contributed by atoms with Crippen LogP contribution >= 0.6 is 0 Å². The second-order valence-corrected chi connectivity index (χ2v) is 5.12. The summed E-state index contributed by atoms with van der Waals surface area (Å²) in [4.78, 5) is 33.7. The Kier molecular flexibility index (Phi) is 3.51. The number of para-hydroxylation sites is 1. The van der Waals surface area contributed by atoms with E-state index in [1.165, 1.54) is 0 Å². The number of amides is 1. The Morgan fingerprint density at radius 1 is 1.29 bits per heavy atom. The lowest BCUT2D eigenvalue weighted by atomic mass is 10.1. The lowest BCUT2D eigenvalue weighted by Crippen LogP contribution is -2.37. The number of hydrogen-bond donors (Lipinski definition) is 1. The molecule has 108 valence electrons. The minimum atomic E-state index is -0.877. The lowest BCUT2D eigenvalue weighted by molar-refractivity contribution is -0.137. The number of benzene rings is 1. The maximum absolute atomic E-state index is 12.7. The topological polar surface area (TPSA) is 83.4 Å². The third kappa shape index (κ3) is 2.56. The first-order valence-electron chi connectivity index (χ1n) is 6.89. The molecule has 6 nitrogen and oxygen atoms in total. The maximum Gasteiger partial charge on any atom is 0.305 e. The first-order chi connectivity index (χ1) is 10.2. The van der Waals surface area contributed by atoms with Crippen molar-refractivity contribution in [2.45, 2.75) is 25.3 Å². The van der Waals surface area contributed by atoms with E-state index in [4.69, 9.17) is 5.11 Å². The van der Waals surface area contributed by atoms with Gasteiger partial charge in [-0.25, -0.2) is 0 Å². The summed E-state index contributed by atoms with van der Waals surface area (Å²) in [6.07, 6.45) is 4.69. The molecule has 0 radical (unpaired) electrons. The standard InChI is InChI=1S/C15H15N3O3/c19-13(20)9-10-3-2-8-18(10)15(21)11-4-1-5-12-14(11)17-7-6-16-12/h1,4-7,10H,2-3,8-9H2,(H,19,20). The van der Waals surface area contributed by atoms with E-state index in [-0.39, 0.29) is 18.4 Å². The first-order valence-corrected chi connectivity index (χ1v) is 6.89. The molecular weight excluding hydrogens is 270 g/mol. The Morgan fingerprint density at radius 2 is 2.10 bits per heavy atom. The summed E-state index contributed by atoms with van der Waals surface area (Å²) in [6, 6.07) is 5.06. The van der Waals surface area contributed by atoms with Crippen LogP contribution in [0.1, 0.15) is 29.6 Å². The smallest absolute Gasteiger partial charge is 0.305 e. The molecule has 1 atom stereocenters. The number of carboxylic acid groups (broad SMARTS) is 1. The molecule has 21 heavy (non-hydrogen) atoms. The zero-order valence-electron chi connectivity index (χ0n) is 11.4. The minimum absolute atomic E-state index is 0.0117. The van der Waals surface area contributed by atoms with Crippen LogP contribution in [0.25, 0.3) is 11.0 Å². The SMILES string of the molecule is O=C(O)CC1CCCN1C(=O)c1cccc2nccnc12. The fraction of sp³-hybridized carbons (Fsp3) is 0.333. The molecule has 1 aromatic carbocycles. The van der Waals surface area contributed by atoms with Gasteiger partial charge in [0.05, 0.1) is 17.5 Å². The van der Waals surface area contributed by atoms with Crippen LogP contribution in [0.2, 0.25) is 0 Å². The van der Waals surface area contributed by atoms with Crippen molar-refractivity contribution in [3.8, 4) is 0 Å². The second-order valence-electron chi connectivity index (χ2n) is 5.12. The molecular formula is C15H15N3O3. The van der Waals surface area contributed by atoms with Crippen LogP contribution in [0.4, 0.5) is 0 Å². The highest BCUT2D eigenvalue weighted by Gasteiger charge is 2.31. The number of carboxylic acids is 1.